The number of aromatic nitrogens is 12. The summed E-state index contributed by atoms with van der Waals surface area (Å²) in [6.45, 7) is 7.70. The molecule has 0 aliphatic heterocycles. The molecule has 0 fully saturated rings. The Morgan fingerprint density at radius 3 is 1.53 bits per heavy atom. The van der Waals surface area contributed by atoms with Gasteiger partial charge in [-0.1, -0.05) is 0 Å². The third kappa shape index (κ3) is 14.2. The van der Waals surface area contributed by atoms with Gasteiger partial charge in [-0.05, 0) is 20.3 Å². The number of nitrogens with two attached hydrogens (primary N) is 1. The molecule has 0 spiro atoms. The van der Waals surface area contributed by atoms with Crippen molar-refractivity contribution in [2.45, 2.75) is 33.1 Å². The molecule has 4 rings (SSSR count). The van der Waals surface area contributed by atoms with Crippen LogP contribution in [0.4, 0.5) is 53.5 Å². The second kappa shape index (κ2) is 20.5. The minimum atomic E-state index is -0.884. The Labute approximate surface area is 299 Å². The second-order valence-electron chi connectivity index (χ2n) is 10.4. The molecular weight excluding hydrogens is 683 g/mol. The number of aryl methyl sites for hydroxylation is 2. The van der Waals surface area contributed by atoms with Crippen molar-refractivity contribution in [1.82, 2.24) is 59.8 Å². The molecule has 0 atom stereocenters. The zero-order valence-corrected chi connectivity index (χ0v) is 29.2. The van der Waals surface area contributed by atoms with Crippen LogP contribution in [0.2, 0.25) is 0 Å². The highest BCUT2D eigenvalue weighted by Gasteiger charge is 2.10. The summed E-state index contributed by atoms with van der Waals surface area (Å²) in [6, 6.07) is 0. The number of carboxylic acid groups (broad SMARTS) is 1. The number of anilines is 9. The maximum atomic E-state index is 11.0. The fraction of sp³-hybridized carbons (Fsp3) is 0.519. The molecule has 4 aromatic rings. The minimum Gasteiger partial charge on any atom is -0.481 e. The molecule has 11 N–H and O–H groups in total. The minimum absolute atomic E-state index is 0.00507. The second-order valence-corrected chi connectivity index (χ2v) is 10.8. The number of aliphatic carboxylic acids is 1. The molecule has 0 saturated heterocycles. The van der Waals surface area contributed by atoms with E-state index in [9.17, 15) is 4.79 Å². The summed E-state index contributed by atoms with van der Waals surface area (Å²) < 4.78 is 0. The molecule has 51 heavy (non-hydrogen) atoms. The van der Waals surface area contributed by atoms with Gasteiger partial charge in [0.15, 0.2) is 0 Å². The van der Waals surface area contributed by atoms with Crippen molar-refractivity contribution < 1.29 is 9.90 Å². The summed E-state index contributed by atoms with van der Waals surface area (Å²) >= 11 is 4.21. The van der Waals surface area contributed by atoms with Gasteiger partial charge >= 0.3 is 5.97 Å². The number of nitrogens with zero attached hydrogens (tertiary/aromatic N) is 12. The largest absolute Gasteiger partial charge is 0.481 e. The summed E-state index contributed by atoms with van der Waals surface area (Å²) in [5, 5.41) is 34.1. The lowest BCUT2D eigenvalue weighted by molar-refractivity contribution is -0.137. The zero-order valence-electron chi connectivity index (χ0n) is 28.3. The molecule has 0 saturated carbocycles. The van der Waals surface area contributed by atoms with Crippen LogP contribution in [0.15, 0.2) is 6.33 Å². The van der Waals surface area contributed by atoms with E-state index in [1.54, 1.807) is 6.92 Å². The number of rotatable bonds is 24. The monoisotopic (exact) mass is 725 g/mol. The molecule has 4 heterocycles. The van der Waals surface area contributed by atoms with Crippen LogP contribution in [0.1, 0.15) is 31.4 Å². The SMILES string of the molecule is CCNc1nc(NCCS)nc(NCCNc2ncnc(NCCNc3nc(CCCC(=O)O)nc(NCCNc4nc(C)nc(N)n4)n3)n2)n1. The third-order valence-corrected chi connectivity index (χ3v) is 6.47. The Morgan fingerprint density at radius 1 is 0.627 bits per heavy atom. The molecule has 0 unspecified atom stereocenters. The van der Waals surface area contributed by atoms with Crippen molar-refractivity contribution >= 4 is 72.1 Å². The highest BCUT2D eigenvalue weighted by Crippen LogP contribution is 2.11. The predicted octanol–water partition coefficient (Wildman–Crippen LogP) is 0.0700. The normalized spacial score (nSPS) is 10.6. The van der Waals surface area contributed by atoms with Crippen LogP contribution in [-0.2, 0) is 11.2 Å². The molecule has 23 nitrogen and oxygen atoms in total. The summed E-state index contributed by atoms with van der Waals surface area (Å²) in [5.41, 5.74) is 5.68. The van der Waals surface area contributed by atoms with Crippen LogP contribution in [0.25, 0.3) is 0 Å². The Hall–Kier alpha value is -5.94. The highest BCUT2D eigenvalue weighted by atomic mass is 32.1. The van der Waals surface area contributed by atoms with Crippen LogP contribution < -0.4 is 48.3 Å². The van der Waals surface area contributed by atoms with E-state index in [1.807, 2.05) is 6.92 Å². The maximum absolute atomic E-state index is 11.0. The topological polar surface area (TPSA) is 314 Å². The molecule has 24 heteroatoms. The maximum Gasteiger partial charge on any atom is 0.303 e. The van der Waals surface area contributed by atoms with Gasteiger partial charge in [-0.15, -0.1) is 0 Å². The van der Waals surface area contributed by atoms with Gasteiger partial charge in [0.05, 0.1) is 0 Å². The Balaban J connectivity index is 1.23. The summed E-state index contributed by atoms with van der Waals surface area (Å²) in [7, 11) is 0. The molecule has 0 aliphatic rings. The number of hydrogen-bond acceptors (Lipinski definition) is 23. The quantitative estimate of drug-likeness (QED) is 0.0336. The van der Waals surface area contributed by atoms with Crippen LogP contribution in [0, 0.1) is 6.92 Å². The van der Waals surface area contributed by atoms with Crippen molar-refractivity contribution in [3.05, 3.63) is 18.0 Å². The lowest BCUT2D eigenvalue weighted by Gasteiger charge is -2.12. The predicted molar refractivity (Wildman–Crippen MR) is 196 cm³/mol. The van der Waals surface area contributed by atoms with Gasteiger partial charge in [-0.25, -0.2) is 9.97 Å². The van der Waals surface area contributed by atoms with Gasteiger partial charge in [-0.2, -0.15) is 62.5 Å². The van der Waals surface area contributed by atoms with Crippen LogP contribution in [0.3, 0.4) is 0 Å². The molecular formula is C27H43N21O2S. The van der Waals surface area contributed by atoms with Gasteiger partial charge in [0.25, 0.3) is 0 Å². The molecule has 0 radical (unpaired) electrons. The van der Waals surface area contributed by atoms with Crippen LogP contribution in [-0.4, -0.2) is 129 Å². The third-order valence-electron chi connectivity index (χ3n) is 6.25. The van der Waals surface area contributed by atoms with Crippen molar-refractivity contribution in [3.63, 3.8) is 0 Å². The fourth-order valence-corrected chi connectivity index (χ4v) is 4.23. The van der Waals surface area contributed by atoms with Crippen molar-refractivity contribution in [3.8, 4) is 0 Å². The average Bonchev–Trinajstić information content (AvgIpc) is 3.09. The van der Waals surface area contributed by atoms with Crippen molar-refractivity contribution in [1.29, 1.82) is 0 Å². The first-order valence-electron chi connectivity index (χ1n) is 16.2. The van der Waals surface area contributed by atoms with Gasteiger partial charge in [0.1, 0.15) is 18.0 Å². The molecule has 4 aromatic heterocycles. The van der Waals surface area contributed by atoms with E-state index in [4.69, 9.17) is 10.8 Å². The number of hydrogen-bond donors (Lipinski definition) is 11. The standard InChI is InChI=1S/C27H43N21O2S/c1-3-29-22-45-26(48-27(46-22)36-13-14-51)35-10-8-31-21-38-15-37-20(44-21)30-7-9-33-24-41-17(5-4-6-18(49)50)42-25(47-24)34-12-11-32-23-40-16(2)39-19(28)43-23/h15,51H,3-14H2,1-2H3,(H,49,50)(H3,28,32,39,40,43)(H2,30,31,37,38,44)(H2,33,34,41,42,47)(H3,29,35,36,45,46,48). The van der Waals surface area contributed by atoms with Gasteiger partial charge in [0, 0.05) is 71.0 Å². The molecule has 0 aliphatic carbocycles. The number of thiol groups is 1. The smallest absolute Gasteiger partial charge is 0.303 e. The molecule has 274 valence electrons. The molecule has 0 aromatic carbocycles. The Morgan fingerprint density at radius 2 is 1.06 bits per heavy atom. The number of nitrogens with one attached hydrogen (secondary N) is 8. The Kier molecular flexibility index (Phi) is 15.3. The van der Waals surface area contributed by atoms with Crippen LogP contribution in [0.5, 0.6) is 0 Å². The van der Waals surface area contributed by atoms with E-state index in [-0.39, 0.29) is 12.4 Å². The molecule has 0 bridgehead atoms. The first-order valence-corrected chi connectivity index (χ1v) is 16.8. The average molecular weight is 726 g/mol. The lowest BCUT2D eigenvalue weighted by Crippen LogP contribution is -2.21. The fourth-order valence-electron chi connectivity index (χ4n) is 4.12. The van der Waals surface area contributed by atoms with Gasteiger partial charge < -0.3 is 53.4 Å². The van der Waals surface area contributed by atoms with E-state index in [0.29, 0.717) is 130 Å². The zero-order chi connectivity index (χ0) is 36.3. The first kappa shape index (κ1) is 37.9. The van der Waals surface area contributed by atoms with Crippen molar-refractivity contribution in [2.24, 2.45) is 0 Å². The van der Waals surface area contributed by atoms with E-state index in [0.717, 1.165) is 0 Å². The number of nitrogen functional groups attached to an aromatic ring is 1. The molecule has 0 amide bonds. The number of carbonyl (C=O) groups is 1. The van der Waals surface area contributed by atoms with E-state index >= 15 is 0 Å². The van der Waals surface area contributed by atoms with E-state index < -0.39 is 5.97 Å². The van der Waals surface area contributed by atoms with Gasteiger partial charge in [-0.3, -0.25) is 4.79 Å². The van der Waals surface area contributed by atoms with Crippen molar-refractivity contribution in [2.75, 3.05) is 106 Å². The summed E-state index contributed by atoms with van der Waals surface area (Å²) in [6.07, 6.45) is 2.17. The summed E-state index contributed by atoms with van der Waals surface area (Å²) in [5.74, 6) is 4.02. The summed E-state index contributed by atoms with van der Waals surface area (Å²) in [4.78, 5) is 62.4. The van der Waals surface area contributed by atoms with E-state index in [1.165, 1.54) is 6.33 Å². The first-order chi connectivity index (χ1) is 24.8. The van der Waals surface area contributed by atoms with E-state index in [2.05, 4.69) is 115 Å². The Bertz CT molecular complexity index is 1660. The number of carboxylic acids is 1. The highest BCUT2D eigenvalue weighted by molar-refractivity contribution is 7.80. The lowest BCUT2D eigenvalue weighted by atomic mass is 10.2. The van der Waals surface area contributed by atoms with Gasteiger partial charge in [0.2, 0.25) is 53.5 Å². The van der Waals surface area contributed by atoms with Crippen LogP contribution >= 0.6 is 12.6 Å².